The lowest BCUT2D eigenvalue weighted by Crippen LogP contribution is -2.25. The third-order valence-corrected chi connectivity index (χ3v) is 2.63. The van der Waals surface area contributed by atoms with Crippen LogP contribution in [-0.2, 0) is 0 Å². The normalized spacial score (nSPS) is 15.5. The zero-order chi connectivity index (χ0) is 11.3. The van der Waals surface area contributed by atoms with Gasteiger partial charge in [0.15, 0.2) is 0 Å². The maximum Gasteiger partial charge on any atom is 0.120 e. The van der Waals surface area contributed by atoms with Gasteiger partial charge in [0.25, 0.3) is 0 Å². The van der Waals surface area contributed by atoms with E-state index in [4.69, 9.17) is 4.42 Å². The Morgan fingerprint density at radius 1 is 1.40 bits per heavy atom. The second-order valence-electron chi connectivity index (χ2n) is 4.29. The summed E-state index contributed by atoms with van der Waals surface area (Å²) in [6.07, 6.45) is 2.24. The molecule has 86 valence electrons. The first-order valence-electron chi connectivity index (χ1n) is 5.56. The molecule has 0 saturated carbocycles. The average Bonchev–Trinajstić information content (AvgIpc) is 2.70. The molecule has 2 unspecified atom stereocenters. The molecule has 0 aromatic carbocycles. The summed E-state index contributed by atoms with van der Waals surface area (Å²) in [5, 5.41) is 12.9. The molecule has 1 aromatic heterocycles. The molecule has 2 N–H and O–H groups in total. The van der Waals surface area contributed by atoms with Gasteiger partial charge >= 0.3 is 0 Å². The predicted octanol–water partition coefficient (Wildman–Crippen LogP) is 2.34. The maximum atomic E-state index is 9.61. The number of hydrogen-bond acceptors (Lipinski definition) is 3. The van der Waals surface area contributed by atoms with Crippen LogP contribution in [0.2, 0.25) is 0 Å². The highest BCUT2D eigenvalue weighted by atomic mass is 16.3. The van der Waals surface area contributed by atoms with Crippen LogP contribution >= 0.6 is 0 Å². The predicted molar refractivity (Wildman–Crippen MR) is 60.6 cm³/mol. The van der Waals surface area contributed by atoms with Crippen molar-refractivity contribution in [1.82, 2.24) is 5.32 Å². The highest BCUT2D eigenvalue weighted by Crippen LogP contribution is 2.12. The van der Waals surface area contributed by atoms with Gasteiger partial charge < -0.3 is 14.8 Å². The van der Waals surface area contributed by atoms with Crippen molar-refractivity contribution in [3.05, 3.63) is 24.2 Å². The quantitative estimate of drug-likeness (QED) is 0.759. The Morgan fingerprint density at radius 2 is 2.13 bits per heavy atom. The second-order valence-corrected chi connectivity index (χ2v) is 4.29. The van der Waals surface area contributed by atoms with E-state index in [1.807, 2.05) is 26.0 Å². The van der Waals surface area contributed by atoms with E-state index < -0.39 is 0 Å². The van der Waals surface area contributed by atoms with Gasteiger partial charge in [-0.3, -0.25) is 0 Å². The highest BCUT2D eigenvalue weighted by Gasteiger charge is 2.11. The van der Waals surface area contributed by atoms with E-state index in [2.05, 4.69) is 12.2 Å². The molecule has 0 bridgehead atoms. The zero-order valence-electron chi connectivity index (χ0n) is 9.73. The smallest absolute Gasteiger partial charge is 0.120 e. The average molecular weight is 211 g/mol. The molecule has 0 radical (unpaired) electrons. The minimum atomic E-state index is -0.221. The number of rotatable bonds is 6. The molecule has 1 rings (SSSR count). The molecule has 1 heterocycles. The van der Waals surface area contributed by atoms with Crippen LogP contribution in [0.3, 0.4) is 0 Å². The fourth-order valence-electron chi connectivity index (χ4n) is 1.42. The van der Waals surface area contributed by atoms with Crippen molar-refractivity contribution in [2.24, 2.45) is 5.92 Å². The molecular weight excluding hydrogens is 190 g/mol. The number of aliphatic hydroxyl groups excluding tert-OH is 1. The van der Waals surface area contributed by atoms with Crippen LogP contribution < -0.4 is 5.32 Å². The largest absolute Gasteiger partial charge is 0.468 e. The van der Waals surface area contributed by atoms with Crippen molar-refractivity contribution >= 4 is 0 Å². The van der Waals surface area contributed by atoms with Gasteiger partial charge in [-0.15, -0.1) is 0 Å². The van der Waals surface area contributed by atoms with Crippen molar-refractivity contribution in [2.75, 3.05) is 6.54 Å². The van der Waals surface area contributed by atoms with Crippen LogP contribution in [-0.4, -0.2) is 17.8 Å². The first-order chi connectivity index (χ1) is 7.11. The maximum absolute atomic E-state index is 9.61. The van der Waals surface area contributed by atoms with Crippen LogP contribution in [0, 0.1) is 5.92 Å². The minimum Gasteiger partial charge on any atom is -0.468 e. The molecule has 0 saturated heterocycles. The summed E-state index contributed by atoms with van der Waals surface area (Å²) in [4.78, 5) is 0. The molecule has 0 spiro atoms. The van der Waals surface area contributed by atoms with Gasteiger partial charge in [-0.25, -0.2) is 0 Å². The highest BCUT2D eigenvalue weighted by molar-refractivity contribution is 5.02. The van der Waals surface area contributed by atoms with Crippen LogP contribution in [0.4, 0.5) is 0 Å². The monoisotopic (exact) mass is 211 g/mol. The third kappa shape index (κ3) is 4.06. The molecule has 1 aromatic rings. The molecule has 0 aliphatic heterocycles. The number of furan rings is 1. The van der Waals surface area contributed by atoms with E-state index in [-0.39, 0.29) is 12.1 Å². The summed E-state index contributed by atoms with van der Waals surface area (Å²) in [6, 6.07) is 4.05. The summed E-state index contributed by atoms with van der Waals surface area (Å²) < 4.78 is 5.28. The lowest BCUT2D eigenvalue weighted by molar-refractivity contribution is 0.115. The number of nitrogens with one attached hydrogen (secondary N) is 1. The van der Waals surface area contributed by atoms with Crippen LogP contribution in [0.1, 0.15) is 39.0 Å². The van der Waals surface area contributed by atoms with Crippen molar-refractivity contribution in [3.63, 3.8) is 0 Å². The van der Waals surface area contributed by atoms with Crippen LogP contribution in [0.5, 0.6) is 0 Å². The van der Waals surface area contributed by atoms with E-state index in [0.717, 1.165) is 18.7 Å². The number of hydrogen-bond donors (Lipinski definition) is 2. The van der Waals surface area contributed by atoms with Crippen LogP contribution in [0.15, 0.2) is 22.8 Å². The standard InChI is InChI=1S/C12H21NO2/c1-9(2)11(14)6-7-13-10(3)12-5-4-8-15-12/h4-5,8-11,13-14H,6-7H2,1-3H3. The lowest BCUT2D eigenvalue weighted by Gasteiger charge is -2.16. The molecule has 0 fully saturated rings. The van der Waals surface area contributed by atoms with Crippen molar-refractivity contribution in [1.29, 1.82) is 0 Å². The SMILES string of the molecule is CC(NCCC(O)C(C)C)c1ccco1. The first-order valence-corrected chi connectivity index (χ1v) is 5.56. The summed E-state index contributed by atoms with van der Waals surface area (Å²) >= 11 is 0. The Hall–Kier alpha value is -0.800. The van der Waals surface area contributed by atoms with Gasteiger partial charge in [0.1, 0.15) is 5.76 Å². The minimum absolute atomic E-state index is 0.208. The van der Waals surface area contributed by atoms with Gasteiger partial charge in [-0.2, -0.15) is 0 Å². The molecule has 3 nitrogen and oxygen atoms in total. The van der Waals surface area contributed by atoms with E-state index in [1.54, 1.807) is 6.26 Å². The molecule has 0 aliphatic carbocycles. The molecule has 2 atom stereocenters. The summed E-state index contributed by atoms with van der Waals surface area (Å²) in [5.74, 6) is 1.26. The third-order valence-electron chi connectivity index (χ3n) is 2.63. The first kappa shape index (κ1) is 12.3. The molecule has 0 aliphatic rings. The molecule has 0 amide bonds. The van der Waals surface area contributed by atoms with Gasteiger partial charge in [0, 0.05) is 0 Å². The molecule has 3 heteroatoms. The van der Waals surface area contributed by atoms with Crippen LogP contribution in [0.25, 0.3) is 0 Å². The summed E-state index contributed by atoms with van der Waals surface area (Å²) in [7, 11) is 0. The summed E-state index contributed by atoms with van der Waals surface area (Å²) in [6.45, 7) is 6.92. The van der Waals surface area contributed by atoms with Gasteiger partial charge in [0.2, 0.25) is 0 Å². The molecular formula is C12H21NO2. The Balaban J connectivity index is 2.21. The van der Waals surface area contributed by atoms with Crippen molar-refractivity contribution in [2.45, 2.75) is 39.3 Å². The van der Waals surface area contributed by atoms with Crippen molar-refractivity contribution in [3.8, 4) is 0 Å². The summed E-state index contributed by atoms with van der Waals surface area (Å²) in [5.41, 5.74) is 0. The Labute approximate surface area is 91.5 Å². The van der Waals surface area contributed by atoms with E-state index in [1.165, 1.54) is 0 Å². The van der Waals surface area contributed by atoms with E-state index in [9.17, 15) is 5.11 Å². The zero-order valence-corrected chi connectivity index (χ0v) is 9.73. The fraction of sp³-hybridized carbons (Fsp3) is 0.667. The topological polar surface area (TPSA) is 45.4 Å². The van der Waals surface area contributed by atoms with Gasteiger partial charge in [-0.1, -0.05) is 13.8 Å². The van der Waals surface area contributed by atoms with E-state index >= 15 is 0 Å². The van der Waals surface area contributed by atoms with E-state index in [0.29, 0.717) is 5.92 Å². The second kappa shape index (κ2) is 5.93. The van der Waals surface area contributed by atoms with Crippen molar-refractivity contribution < 1.29 is 9.52 Å². The Kier molecular flexibility index (Phi) is 4.85. The van der Waals surface area contributed by atoms with Gasteiger partial charge in [-0.05, 0) is 37.9 Å². The Bertz CT molecular complexity index is 257. The lowest BCUT2D eigenvalue weighted by atomic mass is 10.0. The number of aliphatic hydroxyl groups is 1. The van der Waals surface area contributed by atoms with Gasteiger partial charge in [0.05, 0.1) is 18.4 Å². The molecule has 15 heavy (non-hydrogen) atoms. The Morgan fingerprint density at radius 3 is 2.67 bits per heavy atom. The fourth-order valence-corrected chi connectivity index (χ4v) is 1.42.